The maximum atomic E-state index is 12.3. The number of rotatable bonds is 1. The van der Waals surface area contributed by atoms with E-state index in [0.29, 0.717) is 5.02 Å². The number of fused-ring (bicyclic) bond motifs is 1. The summed E-state index contributed by atoms with van der Waals surface area (Å²) in [5.74, 6) is -0.0445. The van der Waals surface area contributed by atoms with E-state index in [2.05, 4.69) is 11.4 Å². The molecule has 1 heterocycles. The van der Waals surface area contributed by atoms with E-state index in [1.165, 1.54) is 5.56 Å². The highest BCUT2D eigenvalue weighted by Crippen LogP contribution is 2.30. The third-order valence-corrected chi connectivity index (χ3v) is 3.82. The molecule has 3 rings (SSSR count). The topological polar surface area (TPSA) is 29.1 Å². The molecule has 1 aliphatic heterocycles. The second-order valence-electron chi connectivity index (χ2n) is 4.79. The molecule has 2 aromatic rings. The smallest absolute Gasteiger partial charge is 0.231 e. The average molecular weight is 272 g/mol. The summed E-state index contributed by atoms with van der Waals surface area (Å²) in [5.41, 5.74) is 3.16. The molecule has 1 amide bonds. The number of nitrogens with one attached hydrogen (secondary N) is 1. The van der Waals surface area contributed by atoms with Crippen LogP contribution in [0.1, 0.15) is 23.5 Å². The van der Waals surface area contributed by atoms with Gasteiger partial charge in [0, 0.05) is 10.7 Å². The summed E-state index contributed by atoms with van der Waals surface area (Å²) in [4.78, 5) is 12.3. The van der Waals surface area contributed by atoms with Gasteiger partial charge in [0.25, 0.3) is 0 Å². The van der Waals surface area contributed by atoms with Crippen LogP contribution in [0.25, 0.3) is 0 Å². The minimum atomic E-state index is -0.107. The van der Waals surface area contributed by atoms with Gasteiger partial charge in [0.2, 0.25) is 5.91 Å². The van der Waals surface area contributed by atoms with Crippen molar-refractivity contribution in [2.45, 2.75) is 18.8 Å². The molecule has 1 atom stereocenters. The first-order valence-corrected chi connectivity index (χ1v) is 6.76. The lowest BCUT2D eigenvalue weighted by atomic mass is 9.93. The average Bonchev–Trinajstić information content (AvgIpc) is 2.58. The Hall–Kier alpha value is -1.80. The van der Waals surface area contributed by atoms with Gasteiger partial charge in [0.15, 0.2) is 0 Å². The molecule has 19 heavy (non-hydrogen) atoms. The quantitative estimate of drug-likeness (QED) is 0.834. The number of halogens is 1. The van der Waals surface area contributed by atoms with Crippen LogP contribution in [-0.2, 0) is 11.2 Å². The lowest BCUT2D eigenvalue weighted by Gasteiger charge is -2.13. The van der Waals surface area contributed by atoms with Gasteiger partial charge in [-0.1, -0.05) is 41.9 Å². The fourth-order valence-corrected chi connectivity index (χ4v) is 2.65. The summed E-state index contributed by atoms with van der Waals surface area (Å²) < 4.78 is 0. The largest absolute Gasteiger partial charge is 0.325 e. The van der Waals surface area contributed by atoms with E-state index in [-0.39, 0.29) is 11.8 Å². The standard InChI is InChI=1S/C16H14ClNO/c17-13-8-5-11(6-9-13)14-10-7-12-3-1-2-4-15(12)18-16(14)19/h1-6,8-9,14H,7,10H2,(H,18,19). The predicted molar refractivity (Wildman–Crippen MR) is 77.6 cm³/mol. The third-order valence-electron chi connectivity index (χ3n) is 3.57. The second-order valence-corrected chi connectivity index (χ2v) is 5.23. The van der Waals surface area contributed by atoms with Crippen LogP contribution in [0, 0.1) is 0 Å². The highest BCUT2D eigenvalue weighted by Gasteiger charge is 2.24. The Balaban J connectivity index is 1.90. The summed E-state index contributed by atoms with van der Waals surface area (Å²) in [6.07, 6.45) is 1.73. The Morgan fingerprint density at radius 2 is 1.79 bits per heavy atom. The molecule has 2 nitrogen and oxygen atoms in total. The van der Waals surface area contributed by atoms with Gasteiger partial charge in [0.1, 0.15) is 0 Å². The fraction of sp³-hybridized carbons (Fsp3) is 0.188. The monoisotopic (exact) mass is 271 g/mol. The van der Waals surface area contributed by atoms with Crippen molar-refractivity contribution < 1.29 is 4.79 Å². The molecular weight excluding hydrogens is 258 g/mol. The first-order valence-electron chi connectivity index (χ1n) is 6.38. The Morgan fingerprint density at radius 3 is 2.58 bits per heavy atom. The first kappa shape index (κ1) is 12.2. The van der Waals surface area contributed by atoms with Crippen molar-refractivity contribution in [2.24, 2.45) is 0 Å². The molecule has 0 aromatic heterocycles. The van der Waals surface area contributed by atoms with Gasteiger partial charge in [0.05, 0.1) is 5.92 Å². The molecule has 0 saturated heterocycles. The molecule has 0 spiro atoms. The Labute approximate surface area is 117 Å². The van der Waals surface area contributed by atoms with Crippen LogP contribution in [0.3, 0.4) is 0 Å². The van der Waals surface area contributed by atoms with Gasteiger partial charge in [-0.15, -0.1) is 0 Å². The highest BCUT2D eigenvalue weighted by atomic mass is 35.5. The number of carbonyl (C=O) groups is 1. The molecule has 1 unspecified atom stereocenters. The number of anilines is 1. The number of aryl methyl sites for hydroxylation is 1. The molecule has 1 N–H and O–H groups in total. The molecule has 1 aliphatic rings. The molecule has 0 bridgehead atoms. The van der Waals surface area contributed by atoms with Crippen molar-refractivity contribution in [3.63, 3.8) is 0 Å². The van der Waals surface area contributed by atoms with E-state index in [4.69, 9.17) is 11.6 Å². The molecule has 96 valence electrons. The predicted octanol–water partition coefficient (Wildman–Crippen LogP) is 4.01. The number of hydrogen-bond acceptors (Lipinski definition) is 1. The van der Waals surface area contributed by atoms with Crippen molar-refractivity contribution >= 4 is 23.2 Å². The second kappa shape index (κ2) is 5.06. The number of carbonyl (C=O) groups excluding carboxylic acids is 1. The first-order chi connectivity index (χ1) is 9.24. The van der Waals surface area contributed by atoms with Crippen LogP contribution < -0.4 is 5.32 Å². The molecule has 0 saturated carbocycles. The van der Waals surface area contributed by atoms with Crippen molar-refractivity contribution in [1.29, 1.82) is 0 Å². The third kappa shape index (κ3) is 2.49. The molecular formula is C16H14ClNO. The Kier molecular flexibility index (Phi) is 3.26. The number of amides is 1. The van der Waals surface area contributed by atoms with Crippen LogP contribution in [-0.4, -0.2) is 5.91 Å². The van der Waals surface area contributed by atoms with Gasteiger partial charge < -0.3 is 5.32 Å². The van der Waals surface area contributed by atoms with Crippen molar-refractivity contribution in [1.82, 2.24) is 0 Å². The minimum absolute atomic E-state index is 0.0623. The molecule has 0 aliphatic carbocycles. The molecule has 3 heteroatoms. The Bertz CT molecular complexity index is 606. The van der Waals surface area contributed by atoms with Gasteiger partial charge in [-0.25, -0.2) is 0 Å². The van der Waals surface area contributed by atoms with E-state index in [1.54, 1.807) is 0 Å². The van der Waals surface area contributed by atoms with Crippen LogP contribution in [0.5, 0.6) is 0 Å². The van der Waals surface area contributed by atoms with Crippen LogP contribution in [0.4, 0.5) is 5.69 Å². The summed E-state index contributed by atoms with van der Waals surface area (Å²) in [7, 11) is 0. The Morgan fingerprint density at radius 1 is 1.05 bits per heavy atom. The maximum Gasteiger partial charge on any atom is 0.231 e. The zero-order valence-electron chi connectivity index (χ0n) is 10.4. The number of para-hydroxylation sites is 1. The zero-order chi connectivity index (χ0) is 13.2. The number of benzene rings is 2. The zero-order valence-corrected chi connectivity index (χ0v) is 11.2. The van der Waals surface area contributed by atoms with E-state index in [0.717, 1.165) is 24.1 Å². The molecule has 0 fully saturated rings. The minimum Gasteiger partial charge on any atom is -0.325 e. The lowest BCUT2D eigenvalue weighted by molar-refractivity contribution is -0.117. The normalized spacial score (nSPS) is 18.4. The summed E-state index contributed by atoms with van der Waals surface area (Å²) in [6, 6.07) is 15.5. The fourth-order valence-electron chi connectivity index (χ4n) is 2.52. The summed E-state index contributed by atoms with van der Waals surface area (Å²) >= 11 is 5.89. The van der Waals surface area contributed by atoms with E-state index >= 15 is 0 Å². The van der Waals surface area contributed by atoms with Gasteiger partial charge in [-0.3, -0.25) is 4.79 Å². The summed E-state index contributed by atoms with van der Waals surface area (Å²) in [5, 5.41) is 3.71. The van der Waals surface area contributed by atoms with Gasteiger partial charge >= 0.3 is 0 Å². The van der Waals surface area contributed by atoms with Crippen molar-refractivity contribution in [3.8, 4) is 0 Å². The van der Waals surface area contributed by atoms with Crippen LogP contribution in [0.15, 0.2) is 48.5 Å². The lowest BCUT2D eigenvalue weighted by Crippen LogP contribution is -2.19. The summed E-state index contributed by atoms with van der Waals surface area (Å²) in [6.45, 7) is 0. The van der Waals surface area contributed by atoms with Gasteiger partial charge in [-0.05, 0) is 42.2 Å². The van der Waals surface area contributed by atoms with Crippen molar-refractivity contribution in [3.05, 3.63) is 64.7 Å². The van der Waals surface area contributed by atoms with Crippen LogP contribution >= 0.6 is 11.6 Å². The maximum absolute atomic E-state index is 12.3. The molecule has 0 radical (unpaired) electrons. The van der Waals surface area contributed by atoms with Crippen LogP contribution in [0.2, 0.25) is 5.02 Å². The van der Waals surface area contributed by atoms with E-state index < -0.39 is 0 Å². The van der Waals surface area contributed by atoms with E-state index in [9.17, 15) is 4.79 Å². The van der Waals surface area contributed by atoms with Crippen molar-refractivity contribution in [2.75, 3.05) is 5.32 Å². The van der Waals surface area contributed by atoms with E-state index in [1.807, 2.05) is 42.5 Å². The highest BCUT2D eigenvalue weighted by molar-refractivity contribution is 6.30. The molecule has 2 aromatic carbocycles. The SMILES string of the molecule is O=C1Nc2ccccc2CCC1c1ccc(Cl)cc1. The van der Waals surface area contributed by atoms with Gasteiger partial charge in [-0.2, -0.15) is 0 Å². The number of hydrogen-bond donors (Lipinski definition) is 1.